The number of hydrogen-bond acceptors (Lipinski definition) is 0. The Hall–Kier alpha value is -0.0400. The summed E-state index contributed by atoms with van der Waals surface area (Å²) in [6.45, 7) is 0. The van der Waals surface area contributed by atoms with E-state index in [-0.39, 0.29) is 0 Å². The first-order valence-electron chi connectivity index (χ1n) is 6.38. The van der Waals surface area contributed by atoms with Crippen LogP contribution >= 0.6 is 0 Å². The van der Waals surface area contributed by atoms with Crippen molar-refractivity contribution in [3.63, 3.8) is 0 Å². The number of hydrogen-bond donors (Lipinski definition) is 0. The minimum absolute atomic E-state index is 0.939. The van der Waals surface area contributed by atoms with E-state index in [2.05, 4.69) is 21.1 Å². The van der Waals surface area contributed by atoms with Crippen LogP contribution in [-0.2, 0) is 0 Å². The smallest absolute Gasteiger partial charge is 0.0887 e. The van der Waals surface area contributed by atoms with E-state index in [1.807, 2.05) is 0 Å². The molecule has 14 heavy (non-hydrogen) atoms. The van der Waals surface area contributed by atoms with Gasteiger partial charge in [-0.3, -0.25) is 0 Å². The predicted octanol–water partition coefficient (Wildman–Crippen LogP) is 3.05. The third-order valence-electron chi connectivity index (χ3n) is 4.61. The van der Waals surface area contributed by atoms with Gasteiger partial charge in [0.25, 0.3) is 0 Å². The Morgan fingerprint density at radius 3 is 2.07 bits per heavy atom. The molecule has 0 N–H and O–H groups in total. The maximum atomic E-state index is 2.37. The van der Waals surface area contributed by atoms with Crippen molar-refractivity contribution in [2.24, 2.45) is 11.8 Å². The highest BCUT2D eigenvalue weighted by Crippen LogP contribution is 2.42. The van der Waals surface area contributed by atoms with Gasteiger partial charge in [-0.15, -0.1) is 0 Å². The summed E-state index contributed by atoms with van der Waals surface area (Å²) in [7, 11) is 7.11. The van der Waals surface area contributed by atoms with Gasteiger partial charge in [0, 0.05) is 6.42 Å². The summed E-state index contributed by atoms with van der Waals surface area (Å²) in [5, 5.41) is 0. The van der Waals surface area contributed by atoms with Crippen molar-refractivity contribution in [3.8, 4) is 0 Å². The molecule has 0 aromatic carbocycles. The van der Waals surface area contributed by atoms with Crippen LogP contribution in [0.15, 0.2) is 0 Å². The number of quaternary nitrogens is 1. The Morgan fingerprint density at radius 1 is 0.786 bits per heavy atom. The van der Waals surface area contributed by atoms with Crippen molar-refractivity contribution in [2.75, 3.05) is 21.1 Å². The van der Waals surface area contributed by atoms with Crippen molar-refractivity contribution in [1.82, 2.24) is 0 Å². The topological polar surface area (TPSA) is 0 Å². The zero-order valence-corrected chi connectivity index (χ0v) is 10.1. The molecule has 0 aromatic rings. The largest absolute Gasteiger partial charge is 0.328 e. The van der Waals surface area contributed by atoms with E-state index < -0.39 is 0 Å². The highest BCUT2D eigenvalue weighted by molar-refractivity contribution is 4.83. The standard InChI is InChI=1S/C13H26N/c1-14(2,3)13-9-8-11-6-4-5-7-12(11)10-13/h11-13H,4-10H2,1-3H3/q+1/t11-,12+,13+/m0/s1. The zero-order valence-electron chi connectivity index (χ0n) is 10.1. The molecule has 1 heteroatoms. The Bertz CT molecular complexity index is 192. The van der Waals surface area contributed by atoms with Crippen molar-refractivity contribution < 1.29 is 4.48 Å². The lowest BCUT2D eigenvalue weighted by Crippen LogP contribution is -2.49. The number of fused-ring (bicyclic) bond motifs is 1. The zero-order chi connectivity index (χ0) is 10.2. The molecule has 0 radical (unpaired) electrons. The second kappa shape index (κ2) is 3.84. The molecule has 0 bridgehead atoms. The van der Waals surface area contributed by atoms with Gasteiger partial charge in [-0.2, -0.15) is 0 Å². The van der Waals surface area contributed by atoms with Gasteiger partial charge in [-0.05, 0) is 31.1 Å². The molecular weight excluding hydrogens is 170 g/mol. The van der Waals surface area contributed by atoms with Gasteiger partial charge in [0.2, 0.25) is 0 Å². The molecule has 0 aliphatic heterocycles. The molecule has 2 aliphatic rings. The van der Waals surface area contributed by atoms with Crippen molar-refractivity contribution >= 4 is 0 Å². The summed E-state index contributed by atoms with van der Waals surface area (Å²) in [5.41, 5.74) is 0. The first-order valence-corrected chi connectivity index (χ1v) is 6.38. The summed E-state index contributed by atoms with van der Waals surface area (Å²) in [4.78, 5) is 0. The van der Waals surface area contributed by atoms with Gasteiger partial charge in [0.05, 0.1) is 27.2 Å². The Labute approximate surface area is 89.1 Å². The Kier molecular flexibility index (Phi) is 2.88. The molecule has 2 aliphatic carbocycles. The molecule has 82 valence electrons. The third-order valence-corrected chi connectivity index (χ3v) is 4.61. The van der Waals surface area contributed by atoms with Crippen LogP contribution < -0.4 is 0 Å². The summed E-state index contributed by atoms with van der Waals surface area (Å²) in [6, 6.07) is 0.939. The lowest BCUT2D eigenvalue weighted by molar-refractivity contribution is -0.898. The van der Waals surface area contributed by atoms with Crippen LogP contribution in [0.4, 0.5) is 0 Å². The summed E-state index contributed by atoms with van der Waals surface area (Å²) < 4.78 is 1.18. The highest BCUT2D eigenvalue weighted by Gasteiger charge is 2.37. The minimum Gasteiger partial charge on any atom is -0.328 e. The molecule has 0 aromatic heterocycles. The van der Waals surface area contributed by atoms with E-state index in [1.165, 1.54) is 49.4 Å². The molecule has 0 spiro atoms. The predicted molar refractivity (Wildman–Crippen MR) is 61.1 cm³/mol. The molecule has 0 amide bonds. The van der Waals surface area contributed by atoms with Crippen LogP contribution in [-0.4, -0.2) is 31.7 Å². The normalized spacial score (nSPS) is 39.2. The van der Waals surface area contributed by atoms with Crippen molar-refractivity contribution in [1.29, 1.82) is 0 Å². The third kappa shape index (κ3) is 2.13. The van der Waals surface area contributed by atoms with Gasteiger partial charge in [-0.25, -0.2) is 0 Å². The first-order chi connectivity index (χ1) is 6.57. The van der Waals surface area contributed by atoms with Gasteiger partial charge in [0.15, 0.2) is 0 Å². The van der Waals surface area contributed by atoms with Crippen LogP contribution in [0, 0.1) is 11.8 Å². The molecule has 1 nitrogen and oxygen atoms in total. The Balaban J connectivity index is 1.96. The maximum absolute atomic E-state index is 2.37. The summed E-state index contributed by atoms with van der Waals surface area (Å²) >= 11 is 0. The Morgan fingerprint density at radius 2 is 1.43 bits per heavy atom. The maximum Gasteiger partial charge on any atom is 0.0887 e. The van der Waals surface area contributed by atoms with E-state index in [1.54, 1.807) is 0 Å². The van der Waals surface area contributed by atoms with Crippen molar-refractivity contribution in [3.05, 3.63) is 0 Å². The second-order valence-electron chi connectivity index (χ2n) is 6.39. The highest BCUT2D eigenvalue weighted by atomic mass is 15.3. The number of nitrogens with zero attached hydrogens (tertiary/aromatic N) is 1. The first kappa shape index (κ1) is 10.5. The minimum atomic E-state index is 0.939. The fourth-order valence-corrected chi connectivity index (χ4v) is 3.55. The van der Waals surface area contributed by atoms with E-state index >= 15 is 0 Å². The average molecular weight is 196 g/mol. The van der Waals surface area contributed by atoms with Crippen molar-refractivity contribution in [2.45, 2.75) is 51.0 Å². The van der Waals surface area contributed by atoms with Crippen LogP contribution in [0.5, 0.6) is 0 Å². The fourth-order valence-electron chi connectivity index (χ4n) is 3.55. The monoisotopic (exact) mass is 196 g/mol. The van der Waals surface area contributed by atoms with E-state index in [0.29, 0.717) is 0 Å². The fraction of sp³-hybridized carbons (Fsp3) is 1.00. The van der Waals surface area contributed by atoms with Gasteiger partial charge >= 0.3 is 0 Å². The molecule has 3 atom stereocenters. The van der Waals surface area contributed by atoms with Gasteiger partial charge in [0.1, 0.15) is 0 Å². The quantitative estimate of drug-likeness (QED) is 0.565. The summed E-state index contributed by atoms with van der Waals surface area (Å²) in [5.74, 6) is 2.19. The van der Waals surface area contributed by atoms with Gasteiger partial charge in [-0.1, -0.05) is 19.3 Å². The molecule has 0 unspecified atom stereocenters. The van der Waals surface area contributed by atoms with Crippen LogP contribution in [0.1, 0.15) is 44.9 Å². The SMILES string of the molecule is C[N+](C)(C)[C@@H]1CC[C@@H]2CCCC[C@@H]2C1. The van der Waals surface area contributed by atoms with E-state index in [4.69, 9.17) is 0 Å². The lowest BCUT2D eigenvalue weighted by Gasteiger charge is -2.44. The molecule has 2 saturated carbocycles. The van der Waals surface area contributed by atoms with Crippen LogP contribution in [0.25, 0.3) is 0 Å². The average Bonchev–Trinajstić information content (AvgIpc) is 2.16. The van der Waals surface area contributed by atoms with Crippen LogP contribution in [0.3, 0.4) is 0 Å². The second-order valence-corrected chi connectivity index (χ2v) is 6.39. The molecule has 0 heterocycles. The molecule has 2 fully saturated rings. The van der Waals surface area contributed by atoms with Crippen LogP contribution in [0.2, 0.25) is 0 Å². The van der Waals surface area contributed by atoms with E-state index in [0.717, 1.165) is 17.9 Å². The lowest BCUT2D eigenvalue weighted by atomic mass is 9.69. The molecule has 2 rings (SSSR count). The molecule has 0 saturated heterocycles. The molecular formula is C13H26N+. The summed E-state index contributed by atoms with van der Waals surface area (Å²) in [6.07, 6.45) is 10.6. The number of rotatable bonds is 1. The van der Waals surface area contributed by atoms with Gasteiger partial charge < -0.3 is 4.48 Å². The van der Waals surface area contributed by atoms with E-state index in [9.17, 15) is 0 Å².